The van der Waals surface area contributed by atoms with Crippen molar-refractivity contribution in [3.8, 4) is 0 Å². The minimum Gasteiger partial charge on any atom is -0.298 e. The maximum absolute atomic E-state index is 10.1. The highest BCUT2D eigenvalue weighted by Gasteiger charge is 2.00. The molecule has 1 aliphatic rings. The van der Waals surface area contributed by atoms with Gasteiger partial charge in [0, 0.05) is 0 Å². The normalized spacial score (nSPS) is 17.6. The summed E-state index contributed by atoms with van der Waals surface area (Å²) in [4.78, 5) is 10.1. The van der Waals surface area contributed by atoms with Crippen LogP contribution in [0.2, 0.25) is 0 Å². The highest BCUT2D eigenvalue weighted by Crippen LogP contribution is 2.14. The number of allylic oxidation sites excluding steroid dienone is 4. The molecule has 0 saturated carbocycles. The molecule has 0 fully saturated rings. The van der Waals surface area contributed by atoms with E-state index in [9.17, 15) is 4.79 Å². The molecule has 1 rings (SSSR count). The van der Waals surface area contributed by atoms with Crippen LogP contribution in [0.25, 0.3) is 0 Å². The first-order valence-electron chi connectivity index (χ1n) is 2.66. The number of rotatable bonds is 1. The number of carbonyl (C=O) groups excluding carboxylic acids is 1. The van der Waals surface area contributed by atoms with Gasteiger partial charge in [-0.3, -0.25) is 4.79 Å². The Morgan fingerprint density at radius 3 is 2.75 bits per heavy atom. The molecule has 0 radical (unpaired) electrons. The second-order valence-electron chi connectivity index (χ2n) is 1.93. The van der Waals surface area contributed by atoms with E-state index in [0.29, 0.717) is 0 Å². The third-order valence-electron chi connectivity index (χ3n) is 1.35. The van der Waals surface area contributed by atoms with Crippen molar-refractivity contribution in [2.45, 2.75) is 13.3 Å². The minimum absolute atomic E-state index is 0.829. The topological polar surface area (TPSA) is 17.1 Å². The molecule has 0 N–H and O–H groups in total. The Balaban J connectivity index is 2.82. The molecular weight excluding hydrogens is 100 g/mol. The van der Waals surface area contributed by atoms with Crippen molar-refractivity contribution >= 4 is 6.29 Å². The lowest BCUT2D eigenvalue weighted by Gasteiger charge is -1.86. The molecule has 0 bridgehead atoms. The van der Waals surface area contributed by atoms with E-state index in [1.807, 2.05) is 19.1 Å². The minimum atomic E-state index is 0.829. The largest absolute Gasteiger partial charge is 0.298 e. The Labute approximate surface area is 48.7 Å². The van der Waals surface area contributed by atoms with E-state index in [-0.39, 0.29) is 0 Å². The molecule has 0 saturated heterocycles. The lowest BCUT2D eigenvalue weighted by atomic mass is 10.2. The molecule has 42 valence electrons. The van der Waals surface area contributed by atoms with Gasteiger partial charge in [-0.05, 0) is 24.5 Å². The number of aldehydes is 1. The summed E-state index contributed by atoms with van der Waals surface area (Å²) in [5, 5.41) is 0. The summed E-state index contributed by atoms with van der Waals surface area (Å²) < 4.78 is 0. The number of hydrogen-bond acceptors (Lipinski definition) is 1. The van der Waals surface area contributed by atoms with E-state index in [4.69, 9.17) is 0 Å². The van der Waals surface area contributed by atoms with Crippen LogP contribution < -0.4 is 0 Å². The van der Waals surface area contributed by atoms with Crippen LogP contribution in [-0.2, 0) is 4.79 Å². The summed E-state index contributed by atoms with van der Waals surface area (Å²) in [5.41, 5.74) is 2.03. The molecule has 0 heterocycles. The molecule has 1 nitrogen and oxygen atoms in total. The van der Waals surface area contributed by atoms with Crippen molar-refractivity contribution in [3.63, 3.8) is 0 Å². The van der Waals surface area contributed by atoms with Gasteiger partial charge in [-0.2, -0.15) is 0 Å². The van der Waals surface area contributed by atoms with E-state index in [1.165, 1.54) is 0 Å². The van der Waals surface area contributed by atoms with Gasteiger partial charge in [0.2, 0.25) is 0 Å². The summed E-state index contributed by atoms with van der Waals surface area (Å²) in [5.74, 6) is 0. The maximum atomic E-state index is 10.1. The standard InChI is InChI=1S/C7H8O/c1-6-3-2-4-7(6)5-8/h2-3,5H,4H2,1H3. The molecule has 1 heteroatoms. The average Bonchev–Trinajstić information content (AvgIpc) is 2.14. The van der Waals surface area contributed by atoms with Crippen LogP contribution in [0.4, 0.5) is 0 Å². The molecule has 0 atom stereocenters. The fraction of sp³-hybridized carbons (Fsp3) is 0.286. The first-order chi connectivity index (χ1) is 3.84. The molecule has 0 spiro atoms. The Hall–Kier alpha value is -0.850. The fourth-order valence-corrected chi connectivity index (χ4v) is 0.772. The first kappa shape index (κ1) is 5.29. The second-order valence-corrected chi connectivity index (χ2v) is 1.93. The van der Waals surface area contributed by atoms with E-state index < -0.39 is 0 Å². The molecule has 0 aromatic rings. The zero-order valence-corrected chi connectivity index (χ0v) is 4.85. The Bertz CT molecular complexity index is 163. The molecule has 0 aromatic carbocycles. The van der Waals surface area contributed by atoms with Crippen molar-refractivity contribution in [2.75, 3.05) is 0 Å². The van der Waals surface area contributed by atoms with Crippen LogP contribution in [0.1, 0.15) is 13.3 Å². The van der Waals surface area contributed by atoms with E-state index in [2.05, 4.69) is 0 Å². The van der Waals surface area contributed by atoms with Gasteiger partial charge in [-0.1, -0.05) is 12.2 Å². The molecular formula is C7H8O. The van der Waals surface area contributed by atoms with Crippen molar-refractivity contribution < 1.29 is 4.79 Å². The average molecular weight is 108 g/mol. The molecule has 8 heavy (non-hydrogen) atoms. The predicted molar refractivity (Wildman–Crippen MR) is 32.5 cm³/mol. The molecule has 1 aliphatic carbocycles. The van der Waals surface area contributed by atoms with E-state index in [0.717, 1.165) is 23.9 Å². The summed E-state index contributed by atoms with van der Waals surface area (Å²) in [6, 6.07) is 0. The highest BCUT2D eigenvalue weighted by molar-refractivity contribution is 5.77. The van der Waals surface area contributed by atoms with Crippen LogP contribution in [0.15, 0.2) is 23.3 Å². The highest BCUT2D eigenvalue weighted by atomic mass is 16.1. The Morgan fingerprint density at radius 1 is 1.75 bits per heavy atom. The SMILES string of the molecule is CC1=C(C=O)CC=C1. The van der Waals surface area contributed by atoms with Gasteiger partial charge >= 0.3 is 0 Å². The van der Waals surface area contributed by atoms with Crippen molar-refractivity contribution in [1.29, 1.82) is 0 Å². The van der Waals surface area contributed by atoms with Gasteiger partial charge in [0.05, 0.1) is 0 Å². The summed E-state index contributed by atoms with van der Waals surface area (Å²) >= 11 is 0. The van der Waals surface area contributed by atoms with E-state index in [1.54, 1.807) is 0 Å². The quantitative estimate of drug-likeness (QED) is 0.465. The summed E-state index contributed by atoms with van der Waals surface area (Å²) in [7, 11) is 0. The fourth-order valence-electron chi connectivity index (χ4n) is 0.772. The molecule has 0 amide bonds. The maximum Gasteiger partial charge on any atom is 0.146 e. The van der Waals surface area contributed by atoms with Gasteiger partial charge < -0.3 is 0 Å². The zero-order chi connectivity index (χ0) is 5.98. The summed E-state index contributed by atoms with van der Waals surface area (Å²) in [6.45, 7) is 1.95. The number of hydrogen-bond donors (Lipinski definition) is 0. The third kappa shape index (κ3) is 0.713. The van der Waals surface area contributed by atoms with Crippen molar-refractivity contribution in [3.05, 3.63) is 23.3 Å². The molecule has 0 unspecified atom stereocenters. The Kier molecular flexibility index (Phi) is 1.29. The van der Waals surface area contributed by atoms with Crippen LogP contribution in [-0.4, -0.2) is 6.29 Å². The van der Waals surface area contributed by atoms with Crippen LogP contribution in [0.5, 0.6) is 0 Å². The lowest BCUT2D eigenvalue weighted by molar-refractivity contribution is -0.105. The molecule has 0 aromatic heterocycles. The predicted octanol–water partition coefficient (Wildman–Crippen LogP) is 1.46. The van der Waals surface area contributed by atoms with Gasteiger partial charge in [0.25, 0.3) is 0 Å². The second kappa shape index (κ2) is 1.95. The van der Waals surface area contributed by atoms with Gasteiger partial charge in [-0.15, -0.1) is 0 Å². The smallest absolute Gasteiger partial charge is 0.146 e. The van der Waals surface area contributed by atoms with Crippen LogP contribution in [0.3, 0.4) is 0 Å². The first-order valence-corrected chi connectivity index (χ1v) is 2.66. The van der Waals surface area contributed by atoms with Crippen LogP contribution >= 0.6 is 0 Å². The van der Waals surface area contributed by atoms with Crippen molar-refractivity contribution in [2.24, 2.45) is 0 Å². The van der Waals surface area contributed by atoms with Crippen LogP contribution in [0, 0.1) is 0 Å². The molecule has 0 aliphatic heterocycles. The lowest BCUT2D eigenvalue weighted by Crippen LogP contribution is -1.79. The van der Waals surface area contributed by atoms with Gasteiger partial charge in [0.1, 0.15) is 6.29 Å². The summed E-state index contributed by atoms with van der Waals surface area (Å²) in [6.07, 6.45) is 5.73. The van der Waals surface area contributed by atoms with Gasteiger partial charge in [0.15, 0.2) is 0 Å². The van der Waals surface area contributed by atoms with E-state index >= 15 is 0 Å². The van der Waals surface area contributed by atoms with Crippen molar-refractivity contribution in [1.82, 2.24) is 0 Å². The zero-order valence-electron chi connectivity index (χ0n) is 4.85. The number of carbonyl (C=O) groups is 1. The van der Waals surface area contributed by atoms with Gasteiger partial charge in [-0.25, -0.2) is 0 Å². The monoisotopic (exact) mass is 108 g/mol. The third-order valence-corrected chi connectivity index (χ3v) is 1.35. The Morgan fingerprint density at radius 2 is 2.50 bits per heavy atom.